The minimum atomic E-state index is -3.59. The number of fused-ring (bicyclic) bond motifs is 4. The van der Waals surface area contributed by atoms with Gasteiger partial charge in [-0.25, -0.2) is 56.4 Å². The Hall–Kier alpha value is -13.7. The Labute approximate surface area is 544 Å². The van der Waals surface area contributed by atoms with Crippen LogP contribution in [0, 0.1) is 17.0 Å². The lowest BCUT2D eigenvalue weighted by Gasteiger charge is -2.06. The Morgan fingerprint density at radius 2 is 0.760 bits per heavy atom. The third-order valence-corrected chi connectivity index (χ3v) is 15.9. The first-order valence-electron chi connectivity index (χ1n) is 29.1. The van der Waals surface area contributed by atoms with Gasteiger partial charge in [0.1, 0.15) is 6.33 Å². The summed E-state index contributed by atoms with van der Waals surface area (Å²) in [5.41, 5.74) is 39.3. The van der Waals surface area contributed by atoms with Crippen molar-refractivity contribution in [1.29, 1.82) is 0 Å². The Bertz CT molecular complexity index is 5440. The summed E-state index contributed by atoms with van der Waals surface area (Å²) in [5.74, 6) is 1.45. The van der Waals surface area contributed by atoms with Gasteiger partial charge in [0.2, 0.25) is 0 Å². The van der Waals surface area contributed by atoms with Gasteiger partial charge in [-0.2, -0.15) is 0 Å². The van der Waals surface area contributed by atoms with Crippen molar-refractivity contribution < 1.29 is 13.3 Å². The van der Waals surface area contributed by atoms with E-state index in [1.165, 1.54) is 34.7 Å². The summed E-state index contributed by atoms with van der Waals surface area (Å²) in [6.45, 7) is 2.07. The minimum Gasteiger partial charge on any atom is -0.382 e. The number of pyridine rings is 5. The van der Waals surface area contributed by atoms with Crippen LogP contribution in [-0.2, 0) is 9.84 Å². The molecule has 0 aliphatic carbocycles. The smallest absolute Gasteiger partial charge is 0.278 e. The van der Waals surface area contributed by atoms with Crippen LogP contribution in [0.15, 0.2) is 238 Å². The molecule has 0 amide bonds. The molecule has 0 aliphatic rings. The fraction of sp³-hybridized carbons (Fsp3) is 0.0299. The lowest BCUT2D eigenvalue weighted by atomic mass is 10.1. The van der Waals surface area contributed by atoms with Crippen molar-refractivity contribution in [3.05, 3.63) is 248 Å². The molecule has 14 heterocycles. The Morgan fingerprint density at radius 3 is 1.12 bits per heavy atom. The fourth-order valence-corrected chi connectivity index (χ4v) is 10.9. The van der Waals surface area contributed by atoms with E-state index in [4.69, 9.17) is 22.9 Å². The zero-order valence-electron chi connectivity index (χ0n) is 50.7. The lowest BCUT2D eigenvalue weighted by molar-refractivity contribution is -0.384. The van der Waals surface area contributed by atoms with E-state index in [1.54, 1.807) is 81.5 Å². The lowest BCUT2D eigenvalue weighted by Crippen LogP contribution is -2.01. The molecule has 16 aromatic rings. The number of aryl methyl sites for hydroxylation is 1. The molecular weight excluding hydrogens is 1240 g/mol. The van der Waals surface area contributed by atoms with Gasteiger partial charge < -0.3 is 22.9 Å². The number of hydrogen-bond donors (Lipinski definition) is 4. The first kappa shape index (κ1) is 61.2. The number of nitro benzene ring substituents is 1. The third kappa shape index (κ3) is 12.7. The Balaban J connectivity index is 0.000000116. The quantitative estimate of drug-likeness (QED) is 0.0730. The van der Waals surface area contributed by atoms with Crippen LogP contribution in [0.1, 0.15) is 5.56 Å². The average Bonchev–Trinajstić information content (AvgIpc) is 1.60. The number of nitrogens with two attached hydrogens (primary N) is 4. The molecule has 470 valence electrons. The molecule has 0 radical (unpaired) electrons. The predicted octanol–water partition coefficient (Wildman–Crippen LogP) is 9.97. The van der Waals surface area contributed by atoms with E-state index in [1.807, 2.05) is 110 Å². The highest BCUT2D eigenvalue weighted by Gasteiger charge is 2.23. The molecule has 0 saturated carbocycles. The highest BCUT2D eigenvalue weighted by atomic mass is 32.2. The molecule has 0 atom stereocenters. The van der Waals surface area contributed by atoms with Crippen LogP contribution in [0.4, 0.5) is 29.0 Å². The highest BCUT2D eigenvalue weighted by Crippen LogP contribution is 2.36. The second-order valence-electron chi connectivity index (χ2n) is 21.2. The number of aromatic nitrogens is 19. The van der Waals surface area contributed by atoms with Gasteiger partial charge in [0.25, 0.3) is 5.69 Å². The SMILES string of the molecule is CS(=O)(=O)c1ccc(-c2cnc3c(-c4ccccn4)c(N)nn3c2)c([N+](=O)[O-])c1.Cc1ccc(-c2cnc3c(-c4ccccn4)c(N)nn3c2)cc1.Nc1nn2cc(-c3ccccn3)cnc2c1-c1ccccn1.Nc1nn2cc(-c3ccncn3)cnc2c1-c1ccccn1. The minimum absolute atomic E-state index is 0.136. The number of anilines is 4. The van der Waals surface area contributed by atoms with Crippen molar-refractivity contribution in [3.8, 4) is 89.8 Å². The number of nitrogens with zero attached hydrogens (tertiary/aromatic N) is 20. The highest BCUT2D eigenvalue weighted by molar-refractivity contribution is 7.90. The number of benzene rings is 2. The number of rotatable bonds is 10. The maximum absolute atomic E-state index is 11.7. The van der Waals surface area contributed by atoms with Gasteiger partial charge in [0.05, 0.1) is 71.8 Å². The molecule has 8 N–H and O–H groups in total. The average molecular weight is 1290 g/mol. The van der Waals surface area contributed by atoms with Gasteiger partial charge in [-0.15, -0.1) is 20.4 Å². The van der Waals surface area contributed by atoms with Gasteiger partial charge in [0.15, 0.2) is 55.7 Å². The zero-order valence-corrected chi connectivity index (χ0v) is 51.6. The second kappa shape index (κ2) is 26.3. The molecule has 0 fully saturated rings. The summed E-state index contributed by atoms with van der Waals surface area (Å²) >= 11 is 0. The second-order valence-corrected chi connectivity index (χ2v) is 23.2. The Morgan fingerprint density at radius 1 is 0.396 bits per heavy atom. The third-order valence-electron chi connectivity index (χ3n) is 14.8. The maximum atomic E-state index is 11.7. The van der Waals surface area contributed by atoms with Crippen molar-refractivity contribution in [2.45, 2.75) is 11.8 Å². The zero-order chi connectivity index (χ0) is 66.5. The summed E-state index contributed by atoms with van der Waals surface area (Å²) in [5, 5.41) is 28.8. The fourth-order valence-electron chi connectivity index (χ4n) is 10.3. The van der Waals surface area contributed by atoms with Crippen molar-refractivity contribution in [2.75, 3.05) is 29.2 Å². The van der Waals surface area contributed by atoms with Crippen molar-refractivity contribution in [1.82, 2.24) is 93.3 Å². The molecule has 2 aromatic carbocycles. The summed E-state index contributed by atoms with van der Waals surface area (Å²) in [4.78, 5) is 58.3. The van der Waals surface area contributed by atoms with Crippen LogP contribution >= 0.6 is 0 Å². The number of nitro groups is 1. The van der Waals surface area contributed by atoms with Crippen LogP contribution in [0.25, 0.3) is 112 Å². The van der Waals surface area contributed by atoms with Gasteiger partial charge >= 0.3 is 0 Å². The number of sulfone groups is 1. The monoisotopic (exact) mass is 1290 g/mol. The molecule has 96 heavy (non-hydrogen) atoms. The molecule has 14 aromatic heterocycles. The summed E-state index contributed by atoms with van der Waals surface area (Å²) < 4.78 is 29.9. The normalized spacial score (nSPS) is 11.1. The van der Waals surface area contributed by atoms with Gasteiger partial charge in [-0.05, 0) is 91.3 Å². The van der Waals surface area contributed by atoms with Crippen molar-refractivity contribution in [2.24, 2.45) is 0 Å². The molecule has 0 spiro atoms. The van der Waals surface area contributed by atoms with Crippen LogP contribution in [-0.4, -0.2) is 113 Å². The van der Waals surface area contributed by atoms with E-state index < -0.39 is 14.8 Å². The van der Waals surface area contributed by atoms with Gasteiger partial charge in [-0.1, -0.05) is 60.2 Å². The molecule has 0 unspecified atom stereocenters. The molecule has 29 heteroatoms. The van der Waals surface area contributed by atoms with E-state index in [9.17, 15) is 18.5 Å². The molecular formula is C67H52N24O4S. The van der Waals surface area contributed by atoms with E-state index in [0.29, 0.717) is 56.9 Å². The van der Waals surface area contributed by atoms with Crippen LogP contribution in [0.3, 0.4) is 0 Å². The van der Waals surface area contributed by atoms with Crippen LogP contribution < -0.4 is 22.9 Å². The van der Waals surface area contributed by atoms with E-state index in [0.717, 1.165) is 79.7 Å². The number of nitrogen functional groups attached to an aromatic ring is 4. The van der Waals surface area contributed by atoms with E-state index in [2.05, 4.69) is 106 Å². The van der Waals surface area contributed by atoms with Crippen molar-refractivity contribution >= 4 is 61.4 Å². The van der Waals surface area contributed by atoms with Gasteiger partial charge in [-0.3, -0.25) is 35.0 Å². The van der Waals surface area contributed by atoms with Crippen LogP contribution in [0.5, 0.6) is 0 Å². The first-order valence-corrected chi connectivity index (χ1v) is 31.0. The Kier molecular flexibility index (Phi) is 16.7. The number of hydrogen-bond acceptors (Lipinski definition) is 23. The summed E-state index contributed by atoms with van der Waals surface area (Å²) in [6.07, 6.45) is 26.7. The summed E-state index contributed by atoms with van der Waals surface area (Å²) in [7, 11) is -3.59. The standard InChI is InChI=1S/C18H14N6O4S.C18H15N5.C16H12N6.C15H11N7/c1-29(27,28)12-5-6-13(15(8-12)24(25)26)11-9-21-18-16(14-4-2-3-7-20-14)17(19)22-23(18)10-11;1-12-5-7-13(8-6-12)14-10-21-18-16(15-4-2-3-9-20-15)17(19)22-23(18)11-14;17-15-14(13-6-2-4-8-19-13)16-20-9-11(10-22(16)21-15)12-5-1-3-7-18-12;16-14-13(12-3-1-2-5-18-12)15-19-7-10(8-22(15)21-14)11-4-6-17-9-20-11/h2-10H,1H3,(H2,19,22);2-11H,1H3,(H2,19,22);1-10H,(H2,17,21);1-9H,(H2,16,21). The van der Waals surface area contributed by atoms with Gasteiger partial charge in [0, 0.05) is 121 Å². The molecule has 0 saturated heterocycles. The maximum Gasteiger partial charge on any atom is 0.278 e. The van der Waals surface area contributed by atoms with Crippen LogP contribution in [0.2, 0.25) is 0 Å². The molecule has 0 bridgehead atoms. The molecule has 16 rings (SSSR count). The molecule has 28 nitrogen and oxygen atoms in total. The molecule has 0 aliphatic heterocycles. The predicted molar refractivity (Wildman–Crippen MR) is 362 cm³/mol. The summed E-state index contributed by atoms with van der Waals surface area (Å²) in [6, 6.07) is 41.9. The first-order chi connectivity index (χ1) is 46.6. The van der Waals surface area contributed by atoms with Crippen molar-refractivity contribution in [3.63, 3.8) is 0 Å². The van der Waals surface area contributed by atoms with E-state index >= 15 is 0 Å². The topological polar surface area (TPSA) is 392 Å². The van der Waals surface area contributed by atoms with E-state index in [-0.39, 0.29) is 22.0 Å². The largest absolute Gasteiger partial charge is 0.382 e.